The number of hydrogen-bond donors (Lipinski definition) is 3. The molecular formula is C15H26N2O3. The van der Waals surface area contributed by atoms with Gasteiger partial charge in [-0.05, 0) is 38.0 Å². The number of nitrogens with two attached hydrogens (primary N) is 1. The molecule has 2 rings (SSSR count). The molecule has 0 aromatic heterocycles. The standard InChI is InChI=1S/C15H26N2O3/c1-10-4-3-7-15(16,9-10)14(20)17-12-6-2-5-11(8-12)13(18)19/h10-12H,2-9,16H2,1H3,(H,17,20)(H,18,19). The molecule has 4 unspecified atom stereocenters. The second-order valence-electron chi connectivity index (χ2n) is 6.73. The Bertz CT molecular complexity index is 385. The second kappa shape index (κ2) is 6.12. The van der Waals surface area contributed by atoms with E-state index in [1.165, 1.54) is 0 Å². The molecule has 5 nitrogen and oxygen atoms in total. The molecule has 0 spiro atoms. The lowest BCUT2D eigenvalue weighted by atomic mass is 9.76. The summed E-state index contributed by atoms with van der Waals surface area (Å²) < 4.78 is 0. The van der Waals surface area contributed by atoms with Crippen molar-refractivity contribution in [2.45, 2.75) is 69.9 Å². The third-order valence-corrected chi connectivity index (χ3v) is 4.84. The number of aliphatic carboxylic acids is 1. The Kier molecular flexibility index (Phi) is 4.68. The lowest BCUT2D eigenvalue weighted by molar-refractivity contribution is -0.143. The van der Waals surface area contributed by atoms with Crippen molar-refractivity contribution in [1.82, 2.24) is 5.32 Å². The van der Waals surface area contributed by atoms with Gasteiger partial charge in [0.05, 0.1) is 11.5 Å². The summed E-state index contributed by atoms with van der Waals surface area (Å²) in [6, 6.07) is -0.0324. The summed E-state index contributed by atoms with van der Waals surface area (Å²) in [5.41, 5.74) is 5.52. The molecule has 0 aromatic rings. The Morgan fingerprint density at radius 1 is 1.25 bits per heavy atom. The fraction of sp³-hybridized carbons (Fsp3) is 0.867. The van der Waals surface area contributed by atoms with Gasteiger partial charge in [-0.15, -0.1) is 0 Å². The normalized spacial score (nSPS) is 38.2. The van der Waals surface area contributed by atoms with Gasteiger partial charge in [-0.1, -0.05) is 26.2 Å². The molecule has 2 aliphatic carbocycles. The van der Waals surface area contributed by atoms with E-state index in [2.05, 4.69) is 12.2 Å². The highest BCUT2D eigenvalue weighted by Crippen LogP contribution is 2.31. The van der Waals surface area contributed by atoms with Gasteiger partial charge in [0.2, 0.25) is 5.91 Å². The van der Waals surface area contributed by atoms with Crippen LogP contribution >= 0.6 is 0 Å². The number of nitrogens with one attached hydrogen (secondary N) is 1. The molecule has 0 radical (unpaired) electrons. The molecule has 2 aliphatic rings. The highest BCUT2D eigenvalue weighted by molar-refractivity contribution is 5.86. The molecule has 5 heteroatoms. The third-order valence-electron chi connectivity index (χ3n) is 4.84. The van der Waals surface area contributed by atoms with Crippen LogP contribution in [-0.2, 0) is 9.59 Å². The molecule has 0 aliphatic heterocycles. The highest BCUT2D eigenvalue weighted by atomic mass is 16.4. The largest absolute Gasteiger partial charge is 0.481 e. The van der Waals surface area contributed by atoms with Gasteiger partial charge in [-0.3, -0.25) is 9.59 Å². The van der Waals surface area contributed by atoms with E-state index in [0.29, 0.717) is 18.8 Å². The Balaban J connectivity index is 1.92. The first-order valence-electron chi connectivity index (χ1n) is 7.73. The highest BCUT2D eigenvalue weighted by Gasteiger charge is 2.39. The van der Waals surface area contributed by atoms with Gasteiger partial charge in [0.1, 0.15) is 0 Å². The molecule has 0 heterocycles. The summed E-state index contributed by atoms with van der Waals surface area (Å²) in [6.45, 7) is 2.13. The first-order chi connectivity index (χ1) is 9.40. The van der Waals surface area contributed by atoms with Crippen LogP contribution in [0.4, 0.5) is 0 Å². The first kappa shape index (κ1) is 15.3. The van der Waals surface area contributed by atoms with Crippen LogP contribution in [0.15, 0.2) is 0 Å². The van der Waals surface area contributed by atoms with Crippen LogP contribution in [0.2, 0.25) is 0 Å². The maximum atomic E-state index is 12.4. The smallest absolute Gasteiger partial charge is 0.306 e. The van der Waals surface area contributed by atoms with Crippen molar-refractivity contribution in [3.05, 3.63) is 0 Å². The van der Waals surface area contributed by atoms with Crippen molar-refractivity contribution in [3.63, 3.8) is 0 Å². The van der Waals surface area contributed by atoms with Gasteiger partial charge in [0.25, 0.3) is 0 Å². The van der Waals surface area contributed by atoms with Crippen molar-refractivity contribution in [2.24, 2.45) is 17.6 Å². The molecule has 1 amide bonds. The summed E-state index contributed by atoms with van der Waals surface area (Å²) in [5.74, 6) is -0.677. The minimum Gasteiger partial charge on any atom is -0.481 e. The van der Waals surface area contributed by atoms with E-state index in [-0.39, 0.29) is 17.9 Å². The zero-order valence-corrected chi connectivity index (χ0v) is 12.2. The average Bonchev–Trinajstić information content (AvgIpc) is 2.38. The summed E-state index contributed by atoms with van der Waals surface area (Å²) >= 11 is 0. The summed E-state index contributed by atoms with van der Waals surface area (Å²) in [7, 11) is 0. The summed E-state index contributed by atoms with van der Waals surface area (Å²) in [6.07, 6.45) is 6.56. The van der Waals surface area contributed by atoms with Gasteiger partial charge in [0, 0.05) is 6.04 Å². The van der Waals surface area contributed by atoms with Gasteiger partial charge in [-0.2, -0.15) is 0 Å². The third kappa shape index (κ3) is 3.51. The van der Waals surface area contributed by atoms with Crippen LogP contribution in [0.3, 0.4) is 0 Å². The quantitative estimate of drug-likeness (QED) is 0.734. The van der Waals surface area contributed by atoms with Gasteiger partial charge in [-0.25, -0.2) is 0 Å². The first-order valence-corrected chi connectivity index (χ1v) is 7.73. The van der Waals surface area contributed by atoms with Crippen molar-refractivity contribution < 1.29 is 14.7 Å². The molecule has 0 bridgehead atoms. The SMILES string of the molecule is CC1CCCC(N)(C(=O)NC2CCCC(C(=O)O)C2)C1. The summed E-state index contributed by atoms with van der Waals surface area (Å²) in [5, 5.41) is 12.1. The Hall–Kier alpha value is -1.10. The minimum atomic E-state index is -0.756. The predicted molar refractivity (Wildman–Crippen MR) is 76.1 cm³/mol. The molecule has 114 valence electrons. The summed E-state index contributed by atoms with van der Waals surface area (Å²) in [4.78, 5) is 23.5. The van der Waals surface area contributed by atoms with Crippen LogP contribution in [0.25, 0.3) is 0 Å². The number of hydrogen-bond acceptors (Lipinski definition) is 3. The fourth-order valence-corrected chi connectivity index (χ4v) is 3.67. The molecule has 0 aromatic carbocycles. The molecule has 4 N–H and O–H groups in total. The molecule has 20 heavy (non-hydrogen) atoms. The van der Waals surface area contributed by atoms with E-state index in [4.69, 9.17) is 10.8 Å². The predicted octanol–water partition coefficient (Wildman–Crippen LogP) is 1.65. The Morgan fingerprint density at radius 2 is 2.00 bits per heavy atom. The van der Waals surface area contributed by atoms with Gasteiger partial charge in [0.15, 0.2) is 0 Å². The van der Waals surface area contributed by atoms with E-state index >= 15 is 0 Å². The van der Waals surface area contributed by atoms with Gasteiger partial charge >= 0.3 is 5.97 Å². The van der Waals surface area contributed by atoms with Crippen molar-refractivity contribution in [2.75, 3.05) is 0 Å². The topological polar surface area (TPSA) is 92.4 Å². The molecule has 4 atom stereocenters. The number of amides is 1. The van der Waals surface area contributed by atoms with Crippen molar-refractivity contribution in [1.29, 1.82) is 0 Å². The number of carboxylic acid groups (broad SMARTS) is 1. The molecule has 2 saturated carbocycles. The van der Waals surface area contributed by atoms with Crippen LogP contribution in [0.5, 0.6) is 0 Å². The minimum absolute atomic E-state index is 0.0324. The maximum Gasteiger partial charge on any atom is 0.306 e. The number of carbonyl (C=O) groups is 2. The number of carbonyl (C=O) groups excluding carboxylic acids is 1. The lowest BCUT2D eigenvalue weighted by Gasteiger charge is -2.37. The number of carboxylic acids is 1. The maximum absolute atomic E-state index is 12.4. The van der Waals surface area contributed by atoms with Gasteiger partial charge < -0.3 is 16.2 Å². The zero-order chi connectivity index (χ0) is 14.8. The number of rotatable bonds is 3. The lowest BCUT2D eigenvalue weighted by Crippen LogP contribution is -2.58. The van der Waals surface area contributed by atoms with E-state index in [1.807, 2.05) is 0 Å². The van der Waals surface area contributed by atoms with E-state index in [9.17, 15) is 9.59 Å². The van der Waals surface area contributed by atoms with Crippen LogP contribution < -0.4 is 11.1 Å². The van der Waals surface area contributed by atoms with Crippen molar-refractivity contribution in [3.8, 4) is 0 Å². The van der Waals surface area contributed by atoms with E-state index in [0.717, 1.165) is 38.5 Å². The fourth-order valence-electron chi connectivity index (χ4n) is 3.67. The van der Waals surface area contributed by atoms with E-state index in [1.54, 1.807) is 0 Å². The van der Waals surface area contributed by atoms with Crippen LogP contribution in [0, 0.1) is 11.8 Å². The van der Waals surface area contributed by atoms with Crippen LogP contribution in [0.1, 0.15) is 58.3 Å². The van der Waals surface area contributed by atoms with E-state index < -0.39 is 11.5 Å². The van der Waals surface area contributed by atoms with Crippen molar-refractivity contribution >= 4 is 11.9 Å². The second-order valence-corrected chi connectivity index (χ2v) is 6.73. The molecule has 0 saturated heterocycles. The average molecular weight is 282 g/mol. The molecular weight excluding hydrogens is 256 g/mol. The van der Waals surface area contributed by atoms with Crippen LogP contribution in [-0.4, -0.2) is 28.6 Å². The zero-order valence-electron chi connectivity index (χ0n) is 12.2. The monoisotopic (exact) mass is 282 g/mol. The Morgan fingerprint density at radius 3 is 2.65 bits per heavy atom. The molecule has 2 fully saturated rings. The Labute approximate surface area is 120 Å².